The molecule has 7 heteroatoms. The molecule has 0 unspecified atom stereocenters. The van der Waals surface area contributed by atoms with E-state index in [1.54, 1.807) is 11.9 Å². The van der Waals surface area contributed by atoms with E-state index in [9.17, 15) is 14.4 Å². The number of piperidine rings is 1. The Kier molecular flexibility index (Phi) is 6.24. The molecule has 1 aromatic heterocycles. The SMILES string of the molecule is CN(C(=O)Cc1c[nH]c(=O)[nH]c1=O)[C@H]1CCCN(CCc2ccccc2)C1. The molecule has 2 heterocycles. The Labute approximate surface area is 158 Å². The van der Waals surface area contributed by atoms with Crippen LogP contribution < -0.4 is 11.2 Å². The Morgan fingerprint density at radius 1 is 1.26 bits per heavy atom. The maximum absolute atomic E-state index is 12.6. The summed E-state index contributed by atoms with van der Waals surface area (Å²) >= 11 is 0. The van der Waals surface area contributed by atoms with Crippen LogP contribution in [-0.4, -0.2) is 58.4 Å². The lowest BCUT2D eigenvalue weighted by atomic mass is 10.0. The van der Waals surface area contributed by atoms with Crippen LogP contribution in [0.1, 0.15) is 24.0 Å². The van der Waals surface area contributed by atoms with Gasteiger partial charge in [0, 0.05) is 37.9 Å². The van der Waals surface area contributed by atoms with Gasteiger partial charge in [-0.15, -0.1) is 0 Å². The summed E-state index contributed by atoms with van der Waals surface area (Å²) in [5, 5.41) is 0. The zero-order valence-electron chi connectivity index (χ0n) is 15.6. The van der Waals surface area contributed by atoms with E-state index in [0.29, 0.717) is 0 Å². The number of benzene rings is 1. The van der Waals surface area contributed by atoms with Crippen molar-refractivity contribution < 1.29 is 4.79 Å². The van der Waals surface area contributed by atoms with Crippen molar-refractivity contribution in [1.82, 2.24) is 19.8 Å². The molecule has 0 saturated carbocycles. The van der Waals surface area contributed by atoms with E-state index in [2.05, 4.69) is 39.1 Å². The minimum absolute atomic E-state index is 0.0108. The first-order valence-electron chi connectivity index (χ1n) is 9.36. The van der Waals surface area contributed by atoms with Crippen LogP contribution in [0.2, 0.25) is 0 Å². The van der Waals surface area contributed by atoms with Gasteiger partial charge in [0.05, 0.1) is 6.42 Å². The molecule has 7 nitrogen and oxygen atoms in total. The molecule has 1 fully saturated rings. The van der Waals surface area contributed by atoms with Gasteiger partial charge < -0.3 is 14.8 Å². The summed E-state index contributed by atoms with van der Waals surface area (Å²) < 4.78 is 0. The van der Waals surface area contributed by atoms with E-state index in [1.807, 2.05) is 6.07 Å². The van der Waals surface area contributed by atoms with Crippen LogP contribution in [0.4, 0.5) is 0 Å². The smallest absolute Gasteiger partial charge is 0.325 e. The number of aromatic amines is 2. The van der Waals surface area contributed by atoms with E-state index in [-0.39, 0.29) is 23.9 Å². The molecule has 2 aromatic rings. The maximum atomic E-state index is 12.6. The van der Waals surface area contributed by atoms with Gasteiger partial charge in [0.15, 0.2) is 0 Å². The number of nitrogens with zero attached hydrogens (tertiary/aromatic N) is 2. The third-order valence-corrected chi connectivity index (χ3v) is 5.22. The van der Waals surface area contributed by atoms with Crippen molar-refractivity contribution in [3.05, 3.63) is 68.5 Å². The summed E-state index contributed by atoms with van der Waals surface area (Å²) in [5.74, 6) is -0.109. The van der Waals surface area contributed by atoms with Crippen molar-refractivity contribution in [1.29, 1.82) is 0 Å². The van der Waals surface area contributed by atoms with Crippen LogP contribution in [0.5, 0.6) is 0 Å². The number of hydrogen-bond acceptors (Lipinski definition) is 4. The Hall–Kier alpha value is -2.67. The first kappa shape index (κ1) is 19.1. The molecule has 1 amide bonds. The molecule has 27 heavy (non-hydrogen) atoms. The predicted molar refractivity (Wildman–Crippen MR) is 104 cm³/mol. The Bertz CT molecular complexity index is 875. The summed E-state index contributed by atoms with van der Waals surface area (Å²) in [6.07, 6.45) is 4.32. The lowest BCUT2D eigenvalue weighted by molar-refractivity contribution is -0.132. The normalized spacial score (nSPS) is 17.6. The highest BCUT2D eigenvalue weighted by molar-refractivity contribution is 5.78. The highest BCUT2D eigenvalue weighted by atomic mass is 16.2. The van der Waals surface area contributed by atoms with Gasteiger partial charge in [0.25, 0.3) is 5.56 Å². The Morgan fingerprint density at radius 3 is 2.78 bits per heavy atom. The molecule has 1 aromatic carbocycles. The number of likely N-dealkylation sites (tertiary alicyclic amines) is 1. The number of aromatic nitrogens is 2. The first-order chi connectivity index (χ1) is 13.0. The van der Waals surface area contributed by atoms with E-state index in [4.69, 9.17) is 0 Å². The summed E-state index contributed by atoms with van der Waals surface area (Å²) in [5.41, 5.74) is 0.532. The topological polar surface area (TPSA) is 89.3 Å². The van der Waals surface area contributed by atoms with Crippen molar-refractivity contribution in [2.75, 3.05) is 26.7 Å². The molecule has 0 radical (unpaired) electrons. The number of H-pyrrole nitrogens is 2. The number of amides is 1. The minimum Gasteiger partial charge on any atom is -0.341 e. The number of nitrogens with one attached hydrogen (secondary N) is 2. The van der Waals surface area contributed by atoms with Crippen LogP contribution in [0.3, 0.4) is 0 Å². The molecule has 1 aliphatic heterocycles. The average molecular weight is 370 g/mol. The number of hydrogen-bond donors (Lipinski definition) is 2. The van der Waals surface area contributed by atoms with Gasteiger partial charge in [-0.2, -0.15) is 0 Å². The largest absolute Gasteiger partial charge is 0.341 e. The van der Waals surface area contributed by atoms with Gasteiger partial charge in [-0.3, -0.25) is 14.6 Å². The van der Waals surface area contributed by atoms with Crippen molar-refractivity contribution >= 4 is 5.91 Å². The van der Waals surface area contributed by atoms with E-state index in [0.717, 1.165) is 38.9 Å². The molecular formula is C20H26N4O3. The average Bonchev–Trinajstić information content (AvgIpc) is 2.69. The standard InChI is InChI=1S/C20H26N4O3/c1-23(18(25)12-16-13-21-20(27)22-19(16)26)17-8-5-10-24(14-17)11-9-15-6-3-2-4-7-15/h2-4,6-7,13,17H,5,8-12,14H2,1H3,(H2,21,22,26,27)/t17-/m0/s1. The monoisotopic (exact) mass is 370 g/mol. The molecule has 2 N–H and O–H groups in total. The third-order valence-electron chi connectivity index (χ3n) is 5.22. The summed E-state index contributed by atoms with van der Waals surface area (Å²) in [6, 6.07) is 10.5. The van der Waals surface area contributed by atoms with Crippen LogP contribution in [0.25, 0.3) is 0 Å². The molecule has 0 bridgehead atoms. The number of rotatable bonds is 6. The van der Waals surface area contributed by atoms with Gasteiger partial charge in [-0.25, -0.2) is 4.79 Å². The van der Waals surface area contributed by atoms with Crippen molar-refractivity contribution in [3.8, 4) is 0 Å². The lowest BCUT2D eigenvalue weighted by Crippen LogP contribution is -2.49. The zero-order chi connectivity index (χ0) is 19.2. The van der Waals surface area contributed by atoms with E-state index >= 15 is 0 Å². The quantitative estimate of drug-likeness (QED) is 0.786. The molecular weight excluding hydrogens is 344 g/mol. The van der Waals surface area contributed by atoms with Gasteiger partial charge >= 0.3 is 5.69 Å². The molecule has 144 valence electrons. The van der Waals surface area contributed by atoms with Gasteiger partial charge in [0.1, 0.15) is 0 Å². The van der Waals surface area contributed by atoms with Crippen molar-refractivity contribution in [2.24, 2.45) is 0 Å². The van der Waals surface area contributed by atoms with Crippen molar-refractivity contribution in [3.63, 3.8) is 0 Å². The van der Waals surface area contributed by atoms with E-state index in [1.165, 1.54) is 11.8 Å². The van der Waals surface area contributed by atoms with Crippen LogP contribution in [0, 0.1) is 0 Å². The molecule has 0 aliphatic carbocycles. The van der Waals surface area contributed by atoms with Crippen LogP contribution in [-0.2, 0) is 17.6 Å². The molecule has 3 rings (SSSR count). The van der Waals surface area contributed by atoms with Gasteiger partial charge in [-0.05, 0) is 31.4 Å². The molecule has 1 atom stereocenters. The maximum Gasteiger partial charge on any atom is 0.325 e. The van der Waals surface area contributed by atoms with E-state index < -0.39 is 11.2 Å². The predicted octanol–water partition coefficient (Wildman–Crippen LogP) is 0.771. The third kappa shape index (κ3) is 5.17. The fourth-order valence-corrected chi connectivity index (χ4v) is 3.54. The summed E-state index contributed by atoms with van der Waals surface area (Å²) in [7, 11) is 1.80. The molecule has 1 aliphatic rings. The number of carbonyl (C=O) groups is 1. The second kappa shape index (κ2) is 8.81. The zero-order valence-corrected chi connectivity index (χ0v) is 15.6. The highest BCUT2D eigenvalue weighted by Crippen LogP contribution is 2.16. The van der Waals surface area contributed by atoms with Gasteiger partial charge in [0.2, 0.25) is 5.91 Å². The first-order valence-corrected chi connectivity index (χ1v) is 9.36. The fraction of sp³-hybridized carbons (Fsp3) is 0.450. The molecule has 0 spiro atoms. The van der Waals surface area contributed by atoms with Crippen LogP contribution >= 0.6 is 0 Å². The fourth-order valence-electron chi connectivity index (χ4n) is 3.54. The lowest BCUT2D eigenvalue weighted by Gasteiger charge is -2.37. The number of likely N-dealkylation sites (N-methyl/N-ethyl adjacent to an activating group) is 1. The minimum atomic E-state index is -0.564. The number of carbonyl (C=O) groups excluding carboxylic acids is 1. The summed E-state index contributed by atoms with van der Waals surface area (Å²) in [6.45, 7) is 2.87. The highest BCUT2D eigenvalue weighted by Gasteiger charge is 2.26. The van der Waals surface area contributed by atoms with Gasteiger partial charge in [-0.1, -0.05) is 30.3 Å². The van der Waals surface area contributed by atoms with Crippen LogP contribution in [0.15, 0.2) is 46.1 Å². The second-order valence-electron chi connectivity index (χ2n) is 7.11. The Morgan fingerprint density at radius 2 is 2.04 bits per heavy atom. The second-order valence-corrected chi connectivity index (χ2v) is 7.11. The summed E-state index contributed by atoms with van der Waals surface area (Å²) in [4.78, 5) is 44.2. The Balaban J connectivity index is 1.55. The molecule has 1 saturated heterocycles. The van der Waals surface area contributed by atoms with Crippen molar-refractivity contribution in [2.45, 2.75) is 31.7 Å².